The fraction of sp³-hybridized carbons (Fsp3) is 0.364. The molecule has 0 radical (unpaired) electrons. The minimum absolute atomic E-state index is 0.101. The molecule has 0 aliphatic carbocycles. The van der Waals surface area contributed by atoms with Crippen molar-refractivity contribution in [3.63, 3.8) is 0 Å². The lowest BCUT2D eigenvalue weighted by molar-refractivity contribution is 0.0521. The number of carbonyl (C=O) groups is 1. The van der Waals surface area contributed by atoms with Gasteiger partial charge < -0.3 is 9.47 Å². The summed E-state index contributed by atoms with van der Waals surface area (Å²) in [6.07, 6.45) is 0. The first kappa shape index (κ1) is 13.0. The molecular weight excluding hydrogens is 279 g/mol. The highest BCUT2D eigenvalue weighted by molar-refractivity contribution is 9.10. The van der Waals surface area contributed by atoms with Gasteiger partial charge in [-0.3, -0.25) is 0 Å². The predicted molar refractivity (Wildman–Crippen MR) is 61.2 cm³/mol. The van der Waals surface area contributed by atoms with Crippen molar-refractivity contribution in [3.8, 4) is 5.75 Å². The number of benzene rings is 1. The Hall–Kier alpha value is -1.10. The Morgan fingerprint density at radius 3 is 2.62 bits per heavy atom. The molecule has 0 N–H and O–H groups in total. The molecular formula is C11H12BrFO3. The number of ether oxygens (including phenoxy) is 2. The van der Waals surface area contributed by atoms with Crippen LogP contribution in [-0.4, -0.2) is 19.2 Å². The van der Waals surface area contributed by atoms with E-state index in [0.29, 0.717) is 12.4 Å². The largest absolute Gasteiger partial charge is 0.493 e. The Labute approximate surface area is 102 Å². The van der Waals surface area contributed by atoms with Gasteiger partial charge in [-0.05, 0) is 41.9 Å². The van der Waals surface area contributed by atoms with Gasteiger partial charge in [0.15, 0.2) is 0 Å². The lowest BCUT2D eigenvalue weighted by atomic mass is 10.2. The lowest BCUT2D eigenvalue weighted by Crippen LogP contribution is -2.08. The van der Waals surface area contributed by atoms with Crippen molar-refractivity contribution in [1.29, 1.82) is 0 Å². The van der Waals surface area contributed by atoms with E-state index in [1.54, 1.807) is 13.8 Å². The van der Waals surface area contributed by atoms with Crippen molar-refractivity contribution in [1.82, 2.24) is 0 Å². The van der Waals surface area contributed by atoms with Crippen LogP contribution in [0.4, 0.5) is 4.39 Å². The van der Waals surface area contributed by atoms with E-state index < -0.39 is 11.8 Å². The maximum Gasteiger partial charge on any atom is 0.342 e. The zero-order valence-electron chi connectivity index (χ0n) is 9.05. The smallest absolute Gasteiger partial charge is 0.342 e. The molecule has 1 aromatic rings. The number of hydrogen-bond acceptors (Lipinski definition) is 3. The van der Waals surface area contributed by atoms with Gasteiger partial charge in [-0.1, -0.05) is 0 Å². The van der Waals surface area contributed by atoms with E-state index in [1.807, 2.05) is 0 Å². The van der Waals surface area contributed by atoms with Crippen LogP contribution in [0.3, 0.4) is 0 Å². The molecule has 0 aliphatic heterocycles. The van der Waals surface area contributed by atoms with E-state index in [-0.39, 0.29) is 16.6 Å². The van der Waals surface area contributed by atoms with Crippen molar-refractivity contribution in [3.05, 3.63) is 28.0 Å². The van der Waals surface area contributed by atoms with Crippen molar-refractivity contribution < 1.29 is 18.7 Å². The third-order valence-electron chi connectivity index (χ3n) is 1.82. The SMILES string of the molecule is CCOC(=O)c1cc(F)c(Br)cc1OCC. The van der Waals surface area contributed by atoms with E-state index in [2.05, 4.69) is 15.9 Å². The molecule has 0 amide bonds. The summed E-state index contributed by atoms with van der Waals surface area (Å²) in [5, 5.41) is 0. The van der Waals surface area contributed by atoms with Gasteiger partial charge >= 0.3 is 5.97 Å². The van der Waals surface area contributed by atoms with Crippen LogP contribution in [0.25, 0.3) is 0 Å². The number of carbonyl (C=O) groups excluding carboxylic acids is 1. The van der Waals surface area contributed by atoms with Gasteiger partial charge in [0.2, 0.25) is 0 Å². The first-order valence-corrected chi connectivity index (χ1v) is 5.68. The molecule has 1 aromatic carbocycles. The summed E-state index contributed by atoms with van der Waals surface area (Å²) in [5.74, 6) is -0.793. The Kier molecular flexibility index (Phi) is 4.73. The highest BCUT2D eigenvalue weighted by Crippen LogP contribution is 2.27. The average Bonchev–Trinajstić information content (AvgIpc) is 2.23. The molecule has 0 heterocycles. The fourth-order valence-corrected chi connectivity index (χ4v) is 1.49. The molecule has 0 aromatic heterocycles. The van der Waals surface area contributed by atoms with Crippen LogP contribution in [-0.2, 0) is 4.74 Å². The van der Waals surface area contributed by atoms with Gasteiger partial charge in [0.25, 0.3) is 0 Å². The summed E-state index contributed by atoms with van der Waals surface area (Å²) in [4.78, 5) is 11.5. The van der Waals surface area contributed by atoms with Crippen molar-refractivity contribution in [2.75, 3.05) is 13.2 Å². The van der Waals surface area contributed by atoms with Crippen molar-refractivity contribution in [2.24, 2.45) is 0 Å². The summed E-state index contributed by atoms with van der Waals surface area (Å²) in [7, 11) is 0. The van der Waals surface area contributed by atoms with Gasteiger partial charge in [-0.15, -0.1) is 0 Å². The van der Waals surface area contributed by atoms with E-state index in [1.165, 1.54) is 6.07 Å². The molecule has 1 rings (SSSR count). The topological polar surface area (TPSA) is 35.5 Å². The number of rotatable bonds is 4. The summed E-state index contributed by atoms with van der Waals surface area (Å²) in [6.45, 7) is 4.10. The molecule has 0 saturated carbocycles. The van der Waals surface area contributed by atoms with E-state index >= 15 is 0 Å². The second-order valence-electron chi connectivity index (χ2n) is 2.92. The van der Waals surface area contributed by atoms with Gasteiger partial charge in [0, 0.05) is 0 Å². The van der Waals surface area contributed by atoms with Gasteiger partial charge in [-0.25, -0.2) is 9.18 Å². The molecule has 0 spiro atoms. The minimum Gasteiger partial charge on any atom is -0.493 e. The molecule has 3 nitrogen and oxygen atoms in total. The van der Waals surface area contributed by atoms with Crippen LogP contribution >= 0.6 is 15.9 Å². The molecule has 0 fully saturated rings. The quantitative estimate of drug-likeness (QED) is 0.799. The molecule has 88 valence electrons. The Morgan fingerprint density at radius 2 is 2.06 bits per heavy atom. The van der Waals surface area contributed by atoms with Gasteiger partial charge in [-0.2, -0.15) is 0 Å². The summed E-state index contributed by atoms with van der Waals surface area (Å²) >= 11 is 3.03. The molecule has 0 unspecified atom stereocenters. The molecule has 16 heavy (non-hydrogen) atoms. The van der Waals surface area contributed by atoms with Crippen LogP contribution in [0.15, 0.2) is 16.6 Å². The van der Waals surface area contributed by atoms with Crippen LogP contribution in [0.5, 0.6) is 5.75 Å². The van der Waals surface area contributed by atoms with Crippen LogP contribution in [0.1, 0.15) is 24.2 Å². The standard InChI is InChI=1S/C11H12BrFO3/c1-3-15-10-6-8(12)9(13)5-7(10)11(14)16-4-2/h5-6H,3-4H2,1-2H3. The minimum atomic E-state index is -0.586. The highest BCUT2D eigenvalue weighted by Gasteiger charge is 2.16. The fourth-order valence-electron chi connectivity index (χ4n) is 1.17. The third kappa shape index (κ3) is 2.95. The Bertz CT molecular complexity index is 393. The predicted octanol–water partition coefficient (Wildman–Crippen LogP) is 3.16. The van der Waals surface area contributed by atoms with Crippen molar-refractivity contribution in [2.45, 2.75) is 13.8 Å². The van der Waals surface area contributed by atoms with E-state index in [9.17, 15) is 9.18 Å². The maximum absolute atomic E-state index is 13.3. The van der Waals surface area contributed by atoms with E-state index in [0.717, 1.165) is 6.07 Å². The Morgan fingerprint density at radius 1 is 1.38 bits per heavy atom. The molecule has 0 bridgehead atoms. The normalized spacial score (nSPS) is 10.0. The Balaban J connectivity index is 3.13. The summed E-state index contributed by atoms with van der Waals surface area (Å²) in [5.41, 5.74) is 0.101. The zero-order chi connectivity index (χ0) is 12.1. The lowest BCUT2D eigenvalue weighted by Gasteiger charge is -2.10. The van der Waals surface area contributed by atoms with Gasteiger partial charge in [0.1, 0.15) is 17.1 Å². The highest BCUT2D eigenvalue weighted by atomic mass is 79.9. The summed E-state index contributed by atoms with van der Waals surface area (Å²) < 4.78 is 23.6. The second kappa shape index (κ2) is 5.84. The monoisotopic (exact) mass is 290 g/mol. The average molecular weight is 291 g/mol. The molecule has 0 atom stereocenters. The number of hydrogen-bond donors (Lipinski definition) is 0. The van der Waals surface area contributed by atoms with Crippen LogP contribution in [0, 0.1) is 5.82 Å². The molecule has 0 saturated heterocycles. The van der Waals surface area contributed by atoms with Crippen LogP contribution < -0.4 is 4.74 Å². The van der Waals surface area contributed by atoms with Crippen molar-refractivity contribution >= 4 is 21.9 Å². The van der Waals surface area contributed by atoms with Crippen LogP contribution in [0.2, 0.25) is 0 Å². The first-order chi connectivity index (χ1) is 7.60. The summed E-state index contributed by atoms with van der Waals surface area (Å²) in [6, 6.07) is 2.53. The third-order valence-corrected chi connectivity index (χ3v) is 2.43. The van der Waals surface area contributed by atoms with Gasteiger partial charge in [0.05, 0.1) is 17.7 Å². The second-order valence-corrected chi connectivity index (χ2v) is 3.77. The molecule has 0 aliphatic rings. The number of halogens is 2. The maximum atomic E-state index is 13.3. The number of esters is 1. The zero-order valence-corrected chi connectivity index (χ0v) is 10.6. The molecule has 5 heteroatoms. The first-order valence-electron chi connectivity index (χ1n) is 4.89. The van der Waals surface area contributed by atoms with E-state index in [4.69, 9.17) is 9.47 Å².